The highest BCUT2D eigenvalue weighted by molar-refractivity contribution is 6.05. The molecule has 0 saturated carbocycles. The number of ether oxygens (including phenoxy) is 4. The maximum Gasteiger partial charge on any atom is 0.343 e. The largest absolute Gasteiger partial charge is 0.496 e. The van der Waals surface area contributed by atoms with Gasteiger partial charge in [-0.3, -0.25) is 0 Å². The van der Waals surface area contributed by atoms with Gasteiger partial charge in [-0.25, -0.2) is 4.79 Å². The van der Waals surface area contributed by atoms with Gasteiger partial charge in [0.15, 0.2) is 11.5 Å². The van der Waals surface area contributed by atoms with Crippen molar-refractivity contribution in [2.45, 2.75) is 6.92 Å². The fourth-order valence-electron chi connectivity index (χ4n) is 2.82. The summed E-state index contributed by atoms with van der Waals surface area (Å²) in [6, 6.07) is 11.3. The number of carbonyl (C=O) groups is 1. The van der Waals surface area contributed by atoms with Crippen LogP contribution < -0.4 is 14.2 Å². The first-order valence-corrected chi connectivity index (χ1v) is 7.84. The van der Waals surface area contributed by atoms with E-state index in [9.17, 15) is 4.79 Å². The van der Waals surface area contributed by atoms with E-state index in [4.69, 9.17) is 18.9 Å². The summed E-state index contributed by atoms with van der Waals surface area (Å²) in [4.78, 5) is 12.2. The van der Waals surface area contributed by atoms with E-state index in [-0.39, 0.29) is 6.79 Å². The average molecular weight is 336 g/mol. The van der Waals surface area contributed by atoms with Gasteiger partial charge in [0.25, 0.3) is 0 Å². The van der Waals surface area contributed by atoms with Crippen LogP contribution in [0.2, 0.25) is 0 Å². The van der Waals surface area contributed by atoms with E-state index in [1.54, 1.807) is 19.3 Å². The molecule has 5 nitrogen and oxygen atoms in total. The molecule has 0 radical (unpaired) electrons. The van der Waals surface area contributed by atoms with Gasteiger partial charge in [-0.05, 0) is 48.9 Å². The summed E-state index contributed by atoms with van der Waals surface area (Å²) < 4.78 is 21.5. The number of hydrogen-bond acceptors (Lipinski definition) is 5. The van der Waals surface area contributed by atoms with E-state index in [0.29, 0.717) is 28.6 Å². The maximum atomic E-state index is 12.2. The van der Waals surface area contributed by atoms with Crippen LogP contribution in [0, 0.1) is 6.92 Å². The fourth-order valence-corrected chi connectivity index (χ4v) is 2.82. The van der Waals surface area contributed by atoms with Crippen molar-refractivity contribution >= 4 is 17.8 Å². The zero-order valence-electron chi connectivity index (χ0n) is 13.9. The van der Waals surface area contributed by atoms with E-state index >= 15 is 0 Å². The van der Waals surface area contributed by atoms with Gasteiger partial charge in [0.2, 0.25) is 6.79 Å². The molecule has 0 unspecified atom stereocenters. The van der Waals surface area contributed by atoms with Crippen LogP contribution in [0.1, 0.15) is 16.7 Å². The molecule has 0 aliphatic carbocycles. The smallest absolute Gasteiger partial charge is 0.343 e. The molecule has 0 fully saturated rings. The van der Waals surface area contributed by atoms with Crippen molar-refractivity contribution in [3.63, 3.8) is 0 Å². The summed E-state index contributed by atoms with van der Waals surface area (Å²) in [7, 11) is 1.59. The third-order valence-electron chi connectivity index (χ3n) is 4.06. The Bertz CT molecular complexity index is 924. The van der Waals surface area contributed by atoms with Crippen molar-refractivity contribution in [2.75, 3.05) is 13.9 Å². The summed E-state index contributed by atoms with van der Waals surface area (Å²) in [6.07, 6.45) is 3.49. The average Bonchev–Trinajstić information content (AvgIpc) is 3.21. The van der Waals surface area contributed by atoms with E-state index in [1.807, 2.05) is 43.3 Å². The standard InChI is InChI=1S/C20H16O5/c1-12-3-5-16(22-2)15(7-12)18-10-14(20(21)25-18)8-13-4-6-17-19(9-13)24-11-23-17/h3-10H,11H2,1-2H3/b14-8-. The second-order valence-corrected chi connectivity index (χ2v) is 5.81. The fraction of sp³-hybridized carbons (Fsp3) is 0.150. The highest BCUT2D eigenvalue weighted by Gasteiger charge is 2.24. The molecule has 0 aromatic heterocycles. The number of cyclic esters (lactones) is 1. The third-order valence-corrected chi connectivity index (χ3v) is 4.06. The van der Waals surface area contributed by atoms with Crippen LogP contribution in [0.4, 0.5) is 0 Å². The van der Waals surface area contributed by atoms with Crippen LogP contribution in [0.3, 0.4) is 0 Å². The van der Waals surface area contributed by atoms with Gasteiger partial charge in [-0.1, -0.05) is 17.7 Å². The van der Waals surface area contributed by atoms with Crippen molar-refractivity contribution in [3.05, 3.63) is 64.7 Å². The van der Waals surface area contributed by atoms with Crippen LogP contribution in [0.15, 0.2) is 48.0 Å². The van der Waals surface area contributed by atoms with E-state index in [1.165, 1.54) is 0 Å². The molecule has 0 amide bonds. The van der Waals surface area contributed by atoms with Crippen molar-refractivity contribution in [1.82, 2.24) is 0 Å². The Balaban J connectivity index is 1.70. The Morgan fingerprint density at radius 2 is 1.92 bits per heavy atom. The third kappa shape index (κ3) is 2.85. The Morgan fingerprint density at radius 3 is 2.76 bits per heavy atom. The quantitative estimate of drug-likeness (QED) is 0.632. The number of rotatable bonds is 3. The van der Waals surface area contributed by atoms with Gasteiger partial charge in [-0.2, -0.15) is 0 Å². The summed E-state index contributed by atoms with van der Waals surface area (Å²) in [5, 5.41) is 0. The molecular formula is C20H16O5. The predicted octanol–water partition coefficient (Wildman–Crippen LogP) is 3.71. The van der Waals surface area contributed by atoms with Gasteiger partial charge >= 0.3 is 5.97 Å². The molecule has 126 valence electrons. The zero-order valence-corrected chi connectivity index (χ0v) is 13.9. The maximum absolute atomic E-state index is 12.2. The first-order valence-electron chi connectivity index (χ1n) is 7.84. The minimum atomic E-state index is -0.392. The summed E-state index contributed by atoms with van der Waals surface area (Å²) in [5.41, 5.74) is 3.12. The first kappa shape index (κ1) is 15.3. The lowest BCUT2D eigenvalue weighted by molar-refractivity contribution is -0.130. The van der Waals surface area contributed by atoms with Crippen LogP contribution in [-0.4, -0.2) is 19.9 Å². The van der Waals surface area contributed by atoms with Crippen LogP contribution in [-0.2, 0) is 9.53 Å². The monoisotopic (exact) mass is 336 g/mol. The molecule has 0 spiro atoms. The van der Waals surface area contributed by atoms with Crippen molar-refractivity contribution < 1.29 is 23.7 Å². The van der Waals surface area contributed by atoms with Crippen molar-refractivity contribution in [3.8, 4) is 17.2 Å². The summed E-state index contributed by atoms with van der Waals surface area (Å²) >= 11 is 0. The molecule has 0 N–H and O–H groups in total. The predicted molar refractivity (Wildman–Crippen MR) is 92.3 cm³/mol. The molecule has 5 heteroatoms. The summed E-state index contributed by atoms with van der Waals surface area (Å²) in [5.74, 6) is 2.13. The molecule has 0 atom stereocenters. The molecule has 0 saturated heterocycles. The Morgan fingerprint density at radius 1 is 1.08 bits per heavy atom. The van der Waals surface area contributed by atoms with Gasteiger partial charge in [-0.15, -0.1) is 0 Å². The number of esters is 1. The number of hydrogen-bond donors (Lipinski definition) is 0. The van der Waals surface area contributed by atoms with Crippen molar-refractivity contribution in [2.24, 2.45) is 0 Å². The highest BCUT2D eigenvalue weighted by atomic mass is 16.7. The van der Waals surface area contributed by atoms with Crippen LogP contribution >= 0.6 is 0 Å². The lowest BCUT2D eigenvalue weighted by Crippen LogP contribution is -1.98. The van der Waals surface area contributed by atoms with E-state index in [2.05, 4.69) is 0 Å². The summed E-state index contributed by atoms with van der Waals surface area (Å²) in [6.45, 7) is 2.19. The molecule has 25 heavy (non-hydrogen) atoms. The first-order chi connectivity index (χ1) is 12.1. The molecule has 0 bridgehead atoms. The molecule has 2 aromatic rings. The molecular weight excluding hydrogens is 320 g/mol. The lowest BCUT2D eigenvalue weighted by Gasteiger charge is -2.09. The normalized spacial score (nSPS) is 16.8. The van der Waals surface area contributed by atoms with E-state index < -0.39 is 5.97 Å². The number of fused-ring (bicyclic) bond motifs is 1. The van der Waals surface area contributed by atoms with Gasteiger partial charge in [0.05, 0.1) is 18.2 Å². The Kier molecular flexibility index (Phi) is 3.69. The van der Waals surface area contributed by atoms with Crippen LogP contribution in [0.25, 0.3) is 11.8 Å². The second-order valence-electron chi connectivity index (χ2n) is 5.81. The number of methoxy groups -OCH3 is 1. The number of aryl methyl sites for hydroxylation is 1. The topological polar surface area (TPSA) is 54.0 Å². The number of carbonyl (C=O) groups excluding carboxylic acids is 1. The highest BCUT2D eigenvalue weighted by Crippen LogP contribution is 2.36. The molecule has 4 rings (SSSR count). The minimum absolute atomic E-state index is 0.217. The molecule has 2 aromatic carbocycles. The Hall–Kier alpha value is -3.21. The van der Waals surface area contributed by atoms with Crippen LogP contribution in [0.5, 0.6) is 17.2 Å². The zero-order chi connectivity index (χ0) is 17.4. The van der Waals surface area contributed by atoms with Crippen molar-refractivity contribution in [1.29, 1.82) is 0 Å². The molecule has 2 aliphatic rings. The van der Waals surface area contributed by atoms with Gasteiger partial charge < -0.3 is 18.9 Å². The molecule has 2 aliphatic heterocycles. The lowest BCUT2D eigenvalue weighted by atomic mass is 10.1. The number of benzene rings is 2. The van der Waals surface area contributed by atoms with E-state index in [0.717, 1.165) is 16.7 Å². The van der Waals surface area contributed by atoms with Gasteiger partial charge in [0, 0.05) is 0 Å². The second kappa shape index (κ2) is 6.02. The Labute approximate surface area is 145 Å². The SMILES string of the molecule is COc1ccc(C)cc1C1=C/C(=C/c2ccc3c(c2)OCO3)C(=O)O1. The molecule has 2 heterocycles. The van der Waals surface area contributed by atoms with Gasteiger partial charge in [0.1, 0.15) is 11.5 Å². The minimum Gasteiger partial charge on any atom is -0.496 e.